The van der Waals surface area contributed by atoms with Crippen molar-refractivity contribution in [2.24, 2.45) is 0 Å². The number of carbonyl (C=O) groups is 1. The van der Waals surface area contributed by atoms with E-state index in [4.69, 9.17) is 0 Å². The van der Waals surface area contributed by atoms with E-state index in [1.54, 1.807) is 30.7 Å². The first-order valence-electron chi connectivity index (χ1n) is 9.39. The van der Waals surface area contributed by atoms with E-state index >= 15 is 0 Å². The SMILES string of the molecule is O=C(NC1CCN(Cc2cccc(-n3cccn3)c2)CC1O)c1ccncc1. The Morgan fingerprint density at radius 2 is 2.04 bits per heavy atom. The van der Waals surface area contributed by atoms with Gasteiger partial charge < -0.3 is 10.4 Å². The highest BCUT2D eigenvalue weighted by Crippen LogP contribution is 2.17. The van der Waals surface area contributed by atoms with Crippen LogP contribution >= 0.6 is 0 Å². The molecule has 0 bridgehead atoms. The van der Waals surface area contributed by atoms with Crippen molar-refractivity contribution in [1.82, 2.24) is 25.0 Å². The Hall–Kier alpha value is -3.03. The Bertz CT molecular complexity index is 914. The van der Waals surface area contributed by atoms with Crippen molar-refractivity contribution in [3.8, 4) is 5.69 Å². The van der Waals surface area contributed by atoms with Gasteiger partial charge in [0.1, 0.15) is 0 Å². The maximum atomic E-state index is 12.3. The fourth-order valence-corrected chi connectivity index (χ4v) is 3.54. The number of likely N-dealkylation sites (tertiary alicyclic amines) is 1. The summed E-state index contributed by atoms with van der Waals surface area (Å²) in [4.78, 5) is 18.4. The average molecular weight is 377 g/mol. The molecular formula is C21H23N5O2. The molecule has 1 fully saturated rings. The lowest BCUT2D eigenvalue weighted by Crippen LogP contribution is -2.53. The molecule has 1 aliphatic heterocycles. The van der Waals surface area contributed by atoms with Gasteiger partial charge >= 0.3 is 0 Å². The van der Waals surface area contributed by atoms with Crippen LogP contribution in [-0.4, -0.2) is 55.9 Å². The van der Waals surface area contributed by atoms with Gasteiger partial charge in [-0.3, -0.25) is 14.7 Å². The van der Waals surface area contributed by atoms with Gasteiger partial charge in [0.2, 0.25) is 0 Å². The zero-order chi connectivity index (χ0) is 19.3. The predicted molar refractivity (Wildman–Crippen MR) is 105 cm³/mol. The van der Waals surface area contributed by atoms with Crippen LogP contribution < -0.4 is 5.32 Å². The minimum absolute atomic E-state index is 0.174. The molecule has 1 saturated heterocycles. The van der Waals surface area contributed by atoms with Crippen molar-refractivity contribution in [3.05, 3.63) is 78.4 Å². The zero-order valence-corrected chi connectivity index (χ0v) is 15.5. The molecule has 144 valence electrons. The van der Waals surface area contributed by atoms with Crippen LogP contribution in [0.1, 0.15) is 22.3 Å². The van der Waals surface area contributed by atoms with E-state index < -0.39 is 6.10 Å². The van der Waals surface area contributed by atoms with E-state index in [2.05, 4.69) is 32.4 Å². The lowest BCUT2D eigenvalue weighted by atomic mass is 10.0. The molecule has 2 N–H and O–H groups in total. The number of aliphatic hydroxyl groups excluding tert-OH is 1. The van der Waals surface area contributed by atoms with Crippen molar-refractivity contribution < 1.29 is 9.90 Å². The number of carbonyl (C=O) groups excluding carboxylic acids is 1. The Morgan fingerprint density at radius 1 is 1.18 bits per heavy atom. The van der Waals surface area contributed by atoms with Gasteiger partial charge in [-0.25, -0.2) is 4.68 Å². The van der Waals surface area contributed by atoms with Gasteiger partial charge in [0.15, 0.2) is 0 Å². The summed E-state index contributed by atoms with van der Waals surface area (Å²) in [6.45, 7) is 2.08. The number of rotatable bonds is 5. The first kappa shape index (κ1) is 18.3. The minimum Gasteiger partial charge on any atom is -0.390 e. The molecule has 0 radical (unpaired) electrons. The number of β-amino-alcohol motifs (C(OH)–C–C–N with tert-alkyl or cyclic N) is 1. The van der Waals surface area contributed by atoms with Crippen LogP contribution in [0.15, 0.2) is 67.3 Å². The van der Waals surface area contributed by atoms with Crippen molar-refractivity contribution in [3.63, 3.8) is 0 Å². The van der Waals surface area contributed by atoms with Gasteiger partial charge in [0.25, 0.3) is 5.91 Å². The number of aliphatic hydroxyl groups is 1. The first-order chi connectivity index (χ1) is 13.7. The van der Waals surface area contributed by atoms with Crippen LogP contribution in [0.5, 0.6) is 0 Å². The molecule has 2 aromatic heterocycles. The monoisotopic (exact) mass is 377 g/mol. The normalized spacial score (nSPS) is 20.0. The standard InChI is InChI=1S/C21H23N5O2/c27-20-15-25(12-7-19(20)24-21(28)17-5-9-22-10-6-17)14-16-3-1-4-18(13-16)26-11-2-8-23-26/h1-6,8-11,13,19-20,27H,7,12,14-15H2,(H,24,28). The van der Waals surface area contributed by atoms with E-state index in [1.165, 1.54) is 5.56 Å². The molecule has 7 heteroatoms. The summed E-state index contributed by atoms with van der Waals surface area (Å²) in [7, 11) is 0. The second-order valence-corrected chi connectivity index (χ2v) is 7.03. The van der Waals surface area contributed by atoms with E-state index in [-0.39, 0.29) is 11.9 Å². The number of aromatic nitrogens is 3. The number of benzene rings is 1. The molecular weight excluding hydrogens is 354 g/mol. The average Bonchev–Trinajstić information content (AvgIpc) is 3.26. The summed E-state index contributed by atoms with van der Waals surface area (Å²) in [5, 5.41) is 17.7. The van der Waals surface area contributed by atoms with Crippen LogP contribution in [-0.2, 0) is 6.54 Å². The zero-order valence-electron chi connectivity index (χ0n) is 15.5. The molecule has 3 heterocycles. The summed E-state index contributed by atoms with van der Waals surface area (Å²) < 4.78 is 1.83. The van der Waals surface area contributed by atoms with Gasteiger partial charge in [0.05, 0.1) is 17.8 Å². The van der Waals surface area contributed by atoms with Crippen LogP contribution in [0, 0.1) is 0 Å². The van der Waals surface area contributed by atoms with Gasteiger partial charge in [0, 0.05) is 50.0 Å². The highest BCUT2D eigenvalue weighted by atomic mass is 16.3. The van der Waals surface area contributed by atoms with Gasteiger partial charge in [-0.2, -0.15) is 5.10 Å². The molecule has 28 heavy (non-hydrogen) atoms. The highest BCUT2D eigenvalue weighted by molar-refractivity contribution is 5.94. The summed E-state index contributed by atoms with van der Waals surface area (Å²) >= 11 is 0. The van der Waals surface area contributed by atoms with Crippen LogP contribution in [0.4, 0.5) is 0 Å². The number of pyridine rings is 1. The molecule has 1 aliphatic rings. The van der Waals surface area contributed by atoms with Crippen LogP contribution in [0.25, 0.3) is 5.69 Å². The van der Waals surface area contributed by atoms with Crippen LogP contribution in [0.2, 0.25) is 0 Å². The minimum atomic E-state index is -0.603. The summed E-state index contributed by atoms with van der Waals surface area (Å²) in [6, 6.07) is 13.2. The van der Waals surface area contributed by atoms with Gasteiger partial charge in [-0.15, -0.1) is 0 Å². The topological polar surface area (TPSA) is 83.3 Å². The van der Waals surface area contributed by atoms with Crippen molar-refractivity contribution in [2.75, 3.05) is 13.1 Å². The maximum absolute atomic E-state index is 12.3. The van der Waals surface area contributed by atoms with Crippen molar-refractivity contribution >= 4 is 5.91 Å². The number of amides is 1. The molecule has 0 aliphatic carbocycles. The van der Waals surface area contributed by atoms with E-state index in [9.17, 15) is 9.90 Å². The molecule has 2 atom stereocenters. The number of nitrogens with one attached hydrogen (secondary N) is 1. The summed E-state index contributed by atoms with van der Waals surface area (Å²) in [5.41, 5.74) is 2.74. The molecule has 2 unspecified atom stereocenters. The predicted octanol–water partition coefficient (Wildman–Crippen LogP) is 1.63. The smallest absolute Gasteiger partial charge is 0.251 e. The number of nitrogens with zero attached hydrogens (tertiary/aromatic N) is 4. The molecule has 0 spiro atoms. The third-order valence-electron chi connectivity index (χ3n) is 5.01. The molecule has 4 rings (SSSR count). The third-order valence-corrected chi connectivity index (χ3v) is 5.01. The van der Waals surface area contributed by atoms with E-state index in [0.717, 1.165) is 18.8 Å². The van der Waals surface area contributed by atoms with E-state index in [0.29, 0.717) is 18.5 Å². The molecule has 1 aromatic carbocycles. The lowest BCUT2D eigenvalue weighted by molar-refractivity contribution is 0.0349. The van der Waals surface area contributed by atoms with Crippen molar-refractivity contribution in [1.29, 1.82) is 0 Å². The molecule has 1 amide bonds. The Morgan fingerprint density at radius 3 is 2.79 bits per heavy atom. The van der Waals surface area contributed by atoms with Crippen molar-refractivity contribution in [2.45, 2.75) is 25.1 Å². The highest BCUT2D eigenvalue weighted by Gasteiger charge is 2.29. The Kier molecular flexibility index (Phi) is 5.45. The second kappa shape index (κ2) is 8.33. The summed E-state index contributed by atoms with van der Waals surface area (Å²) in [6.07, 6.45) is 6.95. The van der Waals surface area contributed by atoms with E-state index in [1.807, 2.05) is 29.1 Å². The molecule has 3 aromatic rings. The Balaban J connectivity index is 1.34. The third kappa shape index (κ3) is 4.27. The largest absolute Gasteiger partial charge is 0.390 e. The fraction of sp³-hybridized carbons (Fsp3) is 0.286. The van der Waals surface area contributed by atoms with Gasteiger partial charge in [-0.1, -0.05) is 12.1 Å². The molecule has 0 saturated carbocycles. The maximum Gasteiger partial charge on any atom is 0.251 e. The fourth-order valence-electron chi connectivity index (χ4n) is 3.54. The molecule has 7 nitrogen and oxygen atoms in total. The van der Waals surface area contributed by atoms with Crippen LogP contribution in [0.3, 0.4) is 0 Å². The quantitative estimate of drug-likeness (QED) is 0.706. The number of hydrogen-bond acceptors (Lipinski definition) is 5. The second-order valence-electron chi connectivity index (χ2n) is 7.03. The first-order valence-corrected chi connectivity index (χ1v) is 9.39. The van der Waals surface area contributed by atoms with Gasteiger partial charge in [-0.05, 0) is 42.3 Å². The number of piperidine rings is 1. The Labute approximate surface area is 163 Å². The lowest BCUT2D eigenvalue weighted by Gasteiger charge is -2.36. The summed E-state index contributed by atoms with van der Waals surface area (Å²) in [5.74, 6) is -0.174. The number of hydrogen-bond donors (Lipinski definition) is 2.